The first kappa shape index (κ1) is 30.0. The van der Waals surface area contributed by atoms with Crippen LogP contribution in [0.1, 0.15) is 159 Å². The number of hydrogen-bond acceptors (Lipinski definition) is 0. The van der Waals surface area contributed by atoms with E-state index in [1.165, 1.54) is 152 Å². The van der Waals surface area contributed by atoms with Gasteiger partial charge in [0.05, 0.1) is 0 Å². The topological polar surface area (TPSA) is 0 Å². The zero-order valence-electron chi connectivity index (χ0n) is 24.6. The fourth-order valence-electron chi connectivity index (χ4n) is 6.45. The first-order valence-electron chi connectivity index (χ1n) is 16.5. The van der Waals surface area contributed by atoms with Gasteiger partial charge in [-0.1, -0.05) is 159 Å². The lowest BCUT2D eigenvalue weighted by atomic mass is 9.77. The van der Waals surface area contributed by atoms with Crippen molar-refractivity contribution in [2.75, 3.05) is 0 Å². The van der Waals surface area contributed by atoms with E-state index in [4.69, 9.17) is 0 Å². The highest BCUT2D eigenvalue weighted by Crippen LogP contribution is 2.38. The van der Waals surface area contributed by atoms with Gasteiger partial charge >= 0.3 is 0 Å². The summed E-state index contributed by atoms with van der Waals surface area (Å²) in [5.41, 5.74) is 5.81. The Bertz CT molecular complexity index is 791. The molecule has 1 aliphatic rings. The lowest BCUT2D eigenvalue weighted by molar-refractivity contribution is 0.302. The van der Waals surface area contributed by atoms with Gasteiger partial charge in [0.25, 0.3) is 0 Å². The summed E-state index contributed by atoms with van der Waals surface area (Å²) < 4.78 is 0. The molecule has 0 saturated heterocycles. The first-order chi connectivity index (χ1) is 18.3. The van der Waals surface area contributed by atoms with Crippen LogP contribution in [0.5, 0.6) is 0 Å². The van der Waals surface area contributed by atoms with Crippen LogP contribution in [0.25, 0.3) is 11.1 Å². The van der Waals surface area contributed by atoms with Gasteiger partial charge in [-0.05, 0) is 72.6 Å². The maximum Gasteiger partial charge on any atom is -0.0162 e. The summed E-state index contributed by atoms with van der Waals surface area (Å²) in [4.78, 5) is 0. The minimum atomic E-state index is 0.786. The third kappa shape index (κ3) is 11.8. The molecular weight excluding hydrogens is 444 g/mol. The van der Waals surface area contributed by atoms with E-state index >= 15 is 0 Å². The van der Waals surface area contributed by atoms with Crippen LogP contribution < -0.4 is 0 Å². The quantitative estimate of drug-likeness (QED) is 0.167. The molecule has 1 fully saturated rings. The molecule has 37 heavy (non-hydrogen) atoms. The highest BCUT2D eigenvalue weighted by atomic mass is 14.3. The predicted octanol–water partition coefficient (Wildman–Crippen LogP) is 12.5. The van der Waals surface area contributed by atoms with Gasteiger partial charge in [-0.2, -0.15) is 0 Å². The van der Waals surface area contributed by atoms with Gasteiger partial charge in [0.2, 0.25) is 0 Å². The van der Waals surface area contributed by atoms with Crippen molar-refractivity contribution in [3.63, 3.8) is 0 Å². The van der Waals surface area contributed by atoms with E-state index in [1.807, 2.05) is 0 Å². The molecule has 0 unspecified atom stereocenters. The van der Waals surface area contributed by atoms with Crippen LogP contribution in [-0.4, -0.2) is 0 Å². The third-order valence-corrected chi connectivity index (χ3v) is 9.05. The lowest BCUT2D eigenvalue weighted by Crippen LogP contribution is -2.13. The van der Waals surface area contributed by atoms with Crippen LogP contribution in [0.4, 0.5) is 0 Å². The molecule has 0 heteroatoms. The summed E-state index contributed by atoms with van der Waals surface area (Å²) >= 11 is 0. The van der Waals surface area contributed by atoms with Crippen LogP contribution in [0.15, 0.2) is 48.5 Å². The van der Waals surface area contributed by atoms with Crippen molar-refractivity contribution in [1.29, 1.82) is 0 Å². The van der Waals surface area contributed by atoms with Crippen LogP contribution in [0.3, 0.4) is 0 Å². The van der Waals surface area contributed by atoms with E-state index in [0.29, 0.717) is 0 Å². The number of benzene rings is 2. The Morgan fingerprint density at radius 1 is 0.486 bits per heavy atom. The van der Waals surface area contributed by atoms with Crippen LogP contribution in [0.2, 0.25) is 0 Å². The average molecular weight is 503 g/mol. The molecule has 0 spiro atoms. The molecule has 0 nitrogen and oxygen atoms in total. The van der Waals surface area contributed by atoms with E-state index in [9.17, 15) is 0 Å². The molecular formula is C37H58. The standard InChI is InChI=1S/C37H58/c1-3-5-7-9-11-12-13-15-17-19-33-22-26-35(27-23-33)37-30-28-36(29-31-37)34-24-20-32(21-25-34)18-16-14-10-8-6-4-2/h22-23,26-32,34H,3-21,24-25H2,1-2H3. The highest BCUT2D eigenvalue weighted by molar-refractivity contribution is 5.64. The fraction of sp³-hybridized carbons (Fsp3) is 0.676. The minimum Gasteiger partial charge on any atom is -0.0654 e. The van der Waals surface area contributed by atoms with Crippen LogP contribution in [0, 0.1) is 5.92 Å². The Morgan fingerprint density at radius 3 is 1.49 bits per heavy atom. The lowest BCUT2D eigenvalue weighted by Gasteiger charge is -2.29. The van der Waals surface area contributed by atoms with Crippen molar-refractivity contribution < 1.29 is 0 Å². The molecule has 2 aromatic rings. The van der Waals surface area contributed by atoms with Crippen molar-refractivity contribution in [3.8, 4) is 11.1 Å². The van der Waals surface area contributed by atoms with Crippen molar-refractivity contribution in [2.45, 2.75) is 155 Å². The maximum absolute atomic E-state index is 2.42. The van der Waals surface area contributed by atoms with E-state index in [-0.39, 0.29) is 0 Å². The molecule has 0 N–H and O–H groups in total. The van der Waals surface area contributed by atoms with Gasteiger partial charge in [0, 0.05) is 0 Å². The molecule has 0 bridgehead atoms. The molecule has 206 valence electrons. The van der Waals surface area contributed by atoms with E-state index in [0.717, 1.165) is 11.8 Å². The number of unbranched alkanes of at least 4 members (excludes halogenated alkanes) is 13. The third-order valence-electron chi connectivity index (χ3n) is 9.05. The normalized spacial score (nSPS) is 17.8. The van der Waals surface area contributed by atoms with Gasteiger partial charge in [0.1, 0.15) is 0 Å². The van der Waals surface area contributed by atoms with Crippen molar-refractivity contribution in [3.05, 3.63) is 59.7 Å². The van der Waals surface area contributed by atoms with Crippen LogP contribution >= 0.6 is 0 Å². The summed E-state index contributed by atoms with van der Waals surface area (Å²) in [5.74, 6) is 1.78. The molecule has 0 amide bonds. The number of aryl methyl sites for hydroxylation is 1. The SMILES string of the molecule is CCCCCCCCCCCc1ccc(-c2ccc(C3CCC(CCCCCCCC)CC3)cc2)cc1. The Balaban J connectivity index is 1.31. The highest BCUT2D eigenvalue weighted by Gasteiger charge is 2.22. The molecule has 0 radical (unpaired) electrons. The van der Waals surface area contributed by atoms with Gasteiger partial charge in [-0.15, -0.1) is 0 Å². The van der Waals surface area contributed by atoms with Crippen molar-refractivity contribution >= 4 is 0 Å². The smallest absolute Gasteiger partial charge is 0.0162 e. The van der Waals surface area contributed by atoms with Gasteiger partial charge in [-0.3, -0.25) is 0 Å². The van der Waals surface area contributed by atoms with E-state index in [1.54, 1.807) is 5.56 Å². The predicted molar refractivity (Wildman–Crippen MR) is 166 cm³/mol. The molecule has 2 aromatic carbocycles. The molecule has 0 atom stereocenters. The summed E-state index contributed by atoms with van der Waals surface area (Å²) in [7, 11) is 0. The fourth-order valence-corrected chi connectivity index (χ4v) is 6.45. The summed E-state index contributed by atoms with van der Waals surface area (Å²) in [6, 6.07) is 19.0. The zero-order valence-corrected chi connectivity index (χ0v) is 24.6. The van der Waals surface area contributed by atoms with Crippen molar-refractivity contribution in [1.82, 2.24) is 0 Å². The monoisotopic (exact) mass is 502 g/mol. The second kappa shape index (κ2) is 18.7. The Kier molecular flexibility index (Phi) is 15.1. The van der Waals surface area contributed by atoms with Gasteiger partial charge in [0.15, 0.2) is 0 Å². The second-order valence-corrected chi connectivity index (χ2v) is 12.2. The first-order valence-corrected chi connectivity index (χ1v) is 16.5. The molecule has 3 rings (SSSR count). The van der Waals surface area contributed by atoms with E-state index < -0.39 is 0 Å². The Labute approximate surface area is 231 Å². The molecule has 0 aliphatic heterocycles. The summed E-state index contributed by atoms with van der Waals surface area (Å²) in [5, 5.41) is 0. The minimum absolute atomic E-state index is 0.786. The number of hydrogen-bond donors (Lipinski definition) is 0. The Hall–Kier alpha value is -1.56. The van der Waals surface area contributed by atoms with Gasteiger partial charge in [-0.25, -0.2) is 0 Å². The molecule has 0 heterocycles. The van der Waals surface area contributed by atoms with Gasteiger partial charge < -0.3 is 0 Å². The average Bonchev–Trinajstić information content (AvgIpc) is 2.95. The second-order valence-electron chi connectivity index (χ2n) is 12.2. The molecule has 0 aromatic heterocycles. The summed E-state index contributed by atoms with van der Waals surface area (Å²) in [6.45, 7) is 4.61. The summed E-state index contributed by atoms with van der Waals surface area (Å²) in [6.07, 6.45) is 29.7. The van der Waals surface area contributed by atoms with Crippen LogP contribution in [-0.2, 0) is 6.42 Å². The van der Waals surface area contributed by atoms with Crippen molar-refractivity contribution in [2.24, 2.45) is 5.92 Å². The largest absolute Gasteiger partial charge is 0.0654 e. The maximum atomic E-state index is 2.42. The molecule has 1 saturated carbocycles. The zero-order chi connectivity index (χ0) is 26.0. The molecule has 1 aliphatic carbocycles. The number of rotatable bonds is 19. The Morgan fingerprint density at radius 2 is 0.946 bits per heavy atom. The van der Waals surface area contributed by atoms with E-state index in [2.05, 4.69) is 62.4 Å².